The van der Waals surface area contributed by atoms with Crippen LogP contribution in [0.1, 0.15) is 13.8 Å². The molecular formula is C7H9N3. The lowest BCUT2D eigenvalue weighted by molar-refractivity contribution is 0.535. The molecular weight excluding hydrogens is 126 g/mol. The maximum Gasteiger partial charge on any atom is 0.214 e. The van der Waals surface area contributed by atoms with Crippen LogP contribution >= 0.6 is 0 Å². The van der Waals surface area contributed by atoms with Gasteiger partial charge in [-0.25, -0.2) is 0 Å². The molecule has 3 nitrogen and oxygen atoms in total. The van der Waals surface area contributed by atoms with Gasteiger partial charge in [0, 0.05) is 12.4 Å². The third kappa shape index (κ3) is 1.16. The van der Waals surface area contributed by atoms with Crippen LogP contribution < -0.4 is 5.32 Å². The molecule has 1 aliphatic heterocycles. The lowest BCUT2D eigenvalue weighted by Gasteiger charge is -2.20. The predicted molar refractivity (Wildman–Crippen MR) is 39.4 cm³/mol. The molecule has 1 atom stereocenters. The molecule has 0 bridgehead atoms. The number of hydrogen-bond donors (Lipinski definition) is 1. The number of hydrogen-bond acceptors (Lipinski definition) is 3. The Bertz CT molecular complexity index is 234. The lowest BCUT2D eigenvalue weighted by atomic mass is 10.2. The second-order valence-corrected chi connectivity index (χ2v) is 2.47. The number of nitrogens with zero attached hydrogens (tertiary/aromatic N) is 2. The van der Waals surface area contributed by atoms with E-state index in [-0.39, 0.29) is 0 Å². The van der Waals surface area contributed by atoms with Gasteiger partial charge in [0.1, 0.15) is 6.07 Å². The molecule has 0 spiro atoms. The van der Waals surface area contributed by atoms with E-state index >= 15 is 0 Å². The van der Waals surface area contributed by atoms with Gasteiger partial charge in [-0.1, -0.05) is 0 Å². The molecule has 0 fully saturated rings. The average Bonchev–Trinajstić information content (AvgIpc) is 1.96. The summed E-state index contributed by atoms with van der Waals surface area (Å²) in [5, 5.41) is 11.5. The minimum Gasteiger partial charge on any atom is -0.356 e. The topological polar surface area (TPSA) is 48.2 Å². The Morgan fingerprint density at radius 1 is 1.80 bits per heavy atom. The maximum absolute atomic E-state index is 8.58. The fourth-order valence-electron chi connectivity index (χ4n) is 0.621. The SMILES string of the molecule is CC1=CNC(C)(C#N)N=C1. The fraction of sp³-hybridized carbons (Fsp3) is 0.429. The van der Waals surface area contributed by atoms with Gasteiger partial charge in [-0.05, 0) is 19.4 Å². The van der Waals surface area contributed by atoms with Crippen LogP contribution in [-0.4, -0.2) is 11.9 Å². The Morgan fingerprint density at radius 3 is 2.90 bits per heavy atom. The zero-order valence-corrected chi connectivity index (χ0v) is 6.05. The van der Waals surface area contributed by atoms with Crippen molar-refractivity contribution in [1.29, 1.82) is 5.26 Å². The first kappa shape index (κ1) is 6.81. The van der Waals surface area contributed by atoms with E-state index in [1.54, 1.807) is 19.3 Å². The molecule has 0 aromatic carbocycles. The van der Waals surface area contributed by atoms with Crippen LogP contribution in [0.5, 0.6) is 0 Å². The van der Waals surface area contributed by atoms with Gasteiger partial charge in [0.05, 0.1) is 0 Å². The zero-order chi connectivity index (χ0) is 7.61. The van der Waals surface area contributed by atoms with E-state index in [1.807, 2.05) is 13.0 Å². The van der Waals surface area contributed by atoms with Gasteiger partial charge in [0.25, 0.3) is 0 Å². The van der Waals surface area contributed by atoms with Crippen molar-refractivity contribution in [3.05, 3.63) is 11.8 Å². The highest BCUT2D eigenvalue weighted by Crippen LogP contribution is 2.08. The van der Waals surface area contributed by atoms with E-state index in [1.165, 1.54) is 0 Å². The van der Waals surface area contributed by atoms with E-state index < -0.39 is 5.66 Å². The number of nitrogens with one attached hydrogen (secondary N) is 1. The summed E-state index contributed by atoms with van der Waals surface area (Å²) >= 11 is 0. The first-order valence-corrected chi connectivity index (χ1v) is 3.07. The highest BCUT2D eigenvalue weighted by Gasteiger charge is 2.20. The molecule has 1 heterocycles. The lowest BCUT2D eigenvalue weighted by Crippen LogP contribution is -2.37. The third-order valence-corrected chi connectivity index (χ3v) is 1.32. The van der Waals surface area contributed by atoms with E-state index in [0.717, 1.165) is 5.57 Å². The second kappa shape index (κ2) is 2.14. The molecule has 1 rings (SSSR count). The molecule has 10 heavy (non-hydrogen) atoms. The van der Waals surface area contributed by atoms with Crippen LogP contribution in [0.3, 0.4) is 0 Å². The monoisotopic (exact) mass is 135 g/mol. The van der Waals surface area contributed by atoms with Crippen molar-refractivity contribution < 1.29 is 0 Å². The van der Waals surface area contributed by atoms with Gasteiger partial charge in [-0.15, -0.1) is 0 Å². The molecule has 0 amide bonds. The highest BCUT2D eigenvalue weighted by atomic mass is 15.1. The number of rotatable bonds is 0. The summed E-state index contributed by atoms with van der Waals surface area (Å²) in [6.07, 6.45) is 3.48. The Labute approximate surface area is 60.1 Å². The summed E-state index contributed by atoms with van der Waals surface area (Å²) in [4.78, 5) is 4.00. The number of aliphatic imine (C=N–C) groups is 1. The quantitative estimate of drug-likeness (QED) is 0.534. The van der Waals surface area contributed by atoms with Crippen molar-refractivity contribution in [3.63, 3.8) is 0 Å². The van der Waals surface area contributed by atoms with Crippen molar-refractivity contribution in [3.8, 4) is 6.07 Å². The molecule has 1 N–H and O–H groups in total. The predicted octanol–water partition coefficient (Wildman–Crippen LogP) is 0.804. The van der Waals surface area contributed by atoms with Gasteiger partial charge < -0.3 is 5.32 Å². The molecule has 0 saturated heterocycles. The summed E-state index contributed by atoms with van der Waals surface area (Å²) in [6.45, 7) is 3.65. The van der Waals surface area contributed by atoms with Gasteiger partial charge >= 0.3 is 0 Å². The number of allylic oxidation sites excluding steroid dienone is 1. The van der Waals surface area contributed by atoms with Crippen LogP contribution in [0.25, 0.3) is 0 Å². The van der Waals surface area contributed by atoms with Crippen LogP contribution in [0.2, 0.25) is 0 Å². The maximum atomic E-state index is 8.58. The van der Waals surface area contributed by atoms with Gasteiger partial charge in [-0.3, -0.25) is 4.99 Å². The summed E-state index contributed by atoms with van der Waals surface area (Å²) < 4.78 is 0. The first-order valence-electron chi connectivity index (χ1n) is 3.07. The summed E-state index contributed by atoms with van der Waals surface area (Å²) in [6, 6.07) is 2.05. The fourth-order valence-corrected chi connectivity index (χ4v) is 0.621. The molecule has 0 aliphatic carbocycles. The van der Waals surface area contributed by atoms with Crippen molar-refractivity contribution in [2.24, 2.45) is 4.99 Å². The smallest absolute Gasteiger partial charge is 0.214 e. The summed E-state index contributed by atoms with van der Waals surface area (Å²) in [5.74, 6) is 0. The number of nitriles is 1. The van der Waals surface area contributed by atoms with Gasteiger partial charge in [0.15, 0.2) is 0 Å². The van der Waals surface area contributed by atoms with Crippen molar-refractivity contribution >= 4 is 6.21 Å². The molecule has 0 radical (unpaired) electrons. The zero-order valence-electron chi connectivity index (χ0n) is 6.05. The largest absolute Gasteiger partial charge is 0.356 e. The Kier molecular flexibility index (Phi) is 1.46. The van der Waals surface area contributed by atoms with Crippen LogP contribution in [0.4, 0.5) is 0 Å². The van der Waals surface area contributed by atoms with Gasteiger partial charge in [0.2, 0.25) is 5.66 Å². The average molecular weight is 135 g/mol. The Balaban J connectivity index is 2.80. The normalized spacial score (nSPS) is 30.3. The van der Waals surface area contributed by atoms with Crippen LogP contribution in [0, 0.1) is 11.3 Å². The summed E-state index contributed by atoms with van der Waals surface area (Å²) in [7, 11) is 0. The highest BCUT2D eigenvalue weighted by molar-refractivity contribution is 5.79. The first-order chi connectivity index (χ1) is 4.66. The molecule has 0 aromatic heterocycles. The molecule has 0 saturated carbocycles. The van der Waals surface area contributed by atoms with Crippen LogP contribution in [0.15, 0.2) is 16.8 Å². The van der Waals surface area contributed by atoms with Gasteiger partial charge in [-0.2, -0.15) is 5.26 Å². The van der Waals surface area contributed by atoms with Crippen molar-refractivity contribution in [1.82, 2.24) is 5.32 Å². The molecule has 3 heteroatoms. The van der Waals surface area contributed by atoms with Crippen molar-refractivity contribution in [2.45, 2.75) is 19.5 Å². The molecule has 1 unspecified atom stereocenters. The Hall–Kier alpha value is -1.30. The summed E-state index contributed by atoms with van der Waals surface area (Å²) in [5.41, 5.74) is 0.284. The van der Waals surface area contributed by atoms with Crippen molar-refractivity contribution in [2.75, 3.05) is 0 Å². The van der Waals surface area contributed by atoms with Crippen LogP contribution in [-0.2, 0) is 0 Å². The van der Waals surface area contributed by atoms with E-state index in [0.29, 0.717) is 0 Å². The van der Waals surface area contributed by atoms with E-state index in [4.69, 9.17) is 5.26 Å². The Morgan fingerprint density at radius 2 is 2.50 bits per heavy atom. The molecule has 1 aliphatic rings. The molecule has 0 aromatic rings. The van der Waals surface area contributed by atoms with E-state index in [2.05, 4.69) is 10.3 Å². The standard InChI is InChI=1S/C7H9N3/c1-6-3-9-7(2,5-8)10-4-6/h3-4,9H,1-2H3. The third-order valence-electron chi connectivity index (χ3n) is 1.32. The minimum absolute atomic E-state index is 0.750. The minimum atomic E-state index is -0.750. The van der Waals surface area contributed by atoms with E-state index in [9.17, 15) is 0 Å². The second-order valence-electron chi connectivity index (χ2n) is 2.47. The molecule has 52 valence electrons.